The van der Waals surface area contributed by atoms with E-state index in [4.69, 9.17) is 5.10 Å². The number of hydrogen-bond donors (Lipinski definition) is 1. The minimum Gasteiger partial charge on any atom is -0.322 e. The largest absolute Gasteiger partial charge is 0.322 e. The van der Waals surface area contributed by atoms with Gasteiger partial charge in [-0.3, -0.25) is 14.5 Å². The minimum atomic E-state index is -0.159. The highest BCUT2D eigenvalue weighted by molar-refractivity contribution is 6.03. The summed E-state index contributed by atoms with van der Waals surface area (Å²) in [5.74, 6) is 0.454. The van der Waals surface area contributed by atoms with Crippen molar-refractivity contribution in [2.75, 3.05) is 5.32 Å². The van der Waals surface area contributed by atoms with E-state index < -0.39 is 0 Å². The van der Waals surface area contributed by atoms with Gasteiger partial charge in [0.15, 0.2) is 0 Å². The van der Waals surface area contributed by atoms with Crippen LogP contribution in [0.3, 0.4) is 0 Å². The summed E-state index contributed by atoms with van der Waals surface area (Å²) in [6, 6.07) is 20.3. The molecule has 0 saturated heterocycles. The Hall–Kier alpha value is -3.99. The first-order chi connectivity index (χ1) is 16.9. The summed E-state index contributed by atoms with van der Waals surface area (Å²) in [5.41, 5.74) is 6.93. The minimum absolute atomic E-state index is 0.159. The molecule has 0 bridgehead atoms. The van der Waals surface area contributed by atoms with Crippen LogP contribution >= 0.6 is 0 Å². The Bertz CT molecular complexity index is 1280. The molecule has 0 aliphatic carbocycles. The van der Waals surface area contributed by atoms with Crippen LogP contribution in [0.2, 0.25) is 0 Å². The average Bonchev–Trinajstić information content (AvgIpc) is 3.26. The van der Waals surface area contributed by atoms with Gasteiger partial charge in [0.2, 0.25) is 5.91 Å². The van der Waals surface area contributed by atoms with Crippen LogP contribution in [0.1, 0.15) is 61.8 Å². The fourth-order valence-corrected chi connectivity index (χ4v) is 4.16. The van der Waals surface area contributed by atoms with Crippen molar-refractivity contribution >= 4 is 17.7 Å². The second-order valence-corrected chi connectivity index (χ2v) is 9.30. The molecular weight excluding hydrogens is 432 g/mol. The van der Waals surface area contributed by atoms with Gasteiger partial charge in [0, 0.05) is 41.5 Å². The molecule has 0 radical (unpaired) electrons. The van der Waals surface area contributed by atoms with Crippen LogP contribution in [-0.4, -0.2) is 20.7 Å². The molecule has 35 heavy (non-hydrogen) atoms. The standard InChI is InChI=1S/C30H32N4O/c1-21(2)26-13-8-14-27(22(3)4)30(26)32-28(35)16-15-25-20-34(19-23-10-6-5-7-11-23)33-29(25)24-12-9-17-31-18-24/h5-18,20-22H,19H2,1-4H3,(H,32,35). The molecule has 0 fully saturated rings. The zero-order valence-corrected chi connectivity index (χ0v) is 20.8. The molecule has 2 aromatic heterocycles. The maximum atomic E-state index is 13.0. The zero-order chi connectivity index (χ0) is 24.8. The van der Waals surface area contributed by atoms with Crippen LogP contribution in [0.15, 0.2) is 85.3 Å². The number of aromatic nitrogens is 3. The summed E-state index contributed by atoms with van der Waals surface area (Å²) in [4.78, 5) is 17.3. The van der Waals surface area contributed by atoms with Crippen molar-refractivity contribution in [1.29, 1.82) is 0 Å². The van der Waals surface area contributed by atoms with Crippen molar-refractivity contribution in [2.24, 2.45) is 0 Å². The Morgan fingerprint density at radius 2 is 1.66 bits per heavy atom. The molecule has 4 aromatic rings. The van der Waals surface area contributed by atoms with Crippen molar-refractivity contribution in [1.82, 2.24) is 14.8 Å². The number of carbonyl (C=O) groups is 1. The SMILES string of the molecule is CC(C)c1cccc(C(C)C)c1NC(=O)C=Cc1cn(Cc2ccccc2)nc1-c1cccnc1. The quantitative estimate of drug-likeness (QED) is 0.289. The fourth-order valence-electron chi connectivity index (χ4n) is 4.16. The first-order valence-corrected chi connectivity index (χ1v) is 12.1. The Labute approximate surface area is 207 Å². The molecule has 0 aliphatic rings. The van der Waals surface area contributed by atoms with Crippen LogP contribution in [0.5, 0.6) is 0 Å². The van der Waals surface area contributed by atoms with Crippen LogP contribution < -0.4 is 5.32 Å². The second kappa shape index (κ2) is 11.0. The molecule has 2 heterocycles. The lowest BCUT2D eigenvalue weighted by atomic mass is 9.92. The van der Waals surface area contributed by atoms with E-state index in [0.29, 0.717) is 18.4 Å². The number of amides is 1. The molecule has 0 spiro atoms. The van der Waals surface area contributed by atoms with Crippen molar-refractivity contribution in [3.8, 4) is 11.3 Å². The van der Waals surface area contributed by atoms with E-state index in [9.17, 15) is 4.79 Å². The molecule has 1 N–H and O–H groups in total. The second-order valence-electron chi connectivity index (χ2n) is 9.30. The Morgan fingerprint density at radius 1 is 0.943 bits per heavy atom. The van der Waals surface area contributed by atoms with Crippen molar-refractivity contribution in [3.63, 3.8) is 0 Å². The number of benzene rings is 2. The molecule has 0 saturated carbocycles. The van der Waals surface area contributed by atoms with E-state index in [1.54, 1.807) is 18.5 Å². The third kappa shape index (κ3) is 5.93. The number of carbonyl (C=O) groups excluding carboxylic acids is 1. The normalized spacial score (nSPS) is 11.5. The van der Waals surface area contributed by atoms with Gasteiger partial charge in [0.25, 0.3) is 0 Å². The van der Waals surface area contributed by atoms with Crippen molar-refractivity contribution in [2.45, 2.75) is 46.1 Å². The van der Waals surface area contributed by atoms with Crippen LogP contribution in [0.25, 0.3) is 17.3 Å². The van der Waals surface area contributed by atoms with Gasteiger partial charge < -0.3 is 5.32 Å². The fraction of sp³-hybridized carbons (Fsp3) is 0.233. The third-order valence-electron chi connectivity index (χ3n) is 5.95. The van der Waals surface area contributed by atoms with E-state index in [1.165, 1.54) is 0 Å². The van der Waals surface area contributed by atoms with Gasteiger partial charge >= 0.3 is 0 Å². The number of pyridine rings is 1. The average molecular weight is 465 g/mol. The lowest BCUT2D eigenvalue weighted by Crippen LogP contribution is -2.13. The maximum absolute atomic E-state index is 13.0. The molecule has 5 nitrogen and oxygen atoms in total. The van der Waals surface area contributed by atoms with Gasteiger partial charge in [-0.2, -0.15) is 5.10 Å². The smallest absolute Gasteiger partial charge is 0.248 e. The topological polar surface area (TPSA) is 59.8 Å². The molecule has 0 atom stereocenters. The van der Waals surface area contributed by atoms with Crippen molar-refractivity contribution in [3.05, 3.63) is 108 Å². The molecule has 0 aliphatic heterocycles. The summed E-state index contributed by atoms with van der Waals surface area (Å²) < 4.78 is 1.90. The highest BCUT2D eigenvalue weighted by atomic mass is 16.1. The van der Waals surface area contributed by atoms with Gasteiger partial charge in [0.05, 0.1) is 6.54 Å². The molecule has 5 heteroatoms. The number of nitrogens with zero attached hydrogens (tertiary/aromatic N) is 3. The van der Waals surface area contributed by atoms with Gasteiger partial charge in [0.1, 0.15) is 5.69 Å². The van der Waals surface area contributed by atoms with Crippen LogP contribution in [0.4, 0.5) is 5.69 Å². The first-order valence-electron chi connectivity index (χ1n) is 12.1. The molecule has 2 aromatic carbocycles. The van der Waals surface area contributed by atoms with Gasteiger partial charge in [-0.25, -0.2) is 0 Å². The van der Waals surface area contributed by atoms with Gasteiger partial charge in [-0.05, 0) is 46.7 Å². The summed E-state index contributed by atoms with van der Waals surface area (Å²) in [7, 11) is 0. The monoisotopic (exact) mass is 464 g/mol. The highest BCUT2D eigenvalue weighted by Crippen LogP contribution is 2.32. The highest BCUT2D eigenvalue weighted by Gasteiger charge is 2.16. The summed E-state index contributed by atoms with van der Waals surface area (Å²) >= 11 is 0. The zero-order valence-electron chi connectivity index (χ0n) is 20.8. The summed E-state index contributed by atoms with van der Waals surface area (Å²) in [6.45, 7) is 9.23. The van der Waals surface area contributed by atoms with E-state index in [1.807, 2.05) is 47.3 Å². The number of anilines is 1. The summed E-state index contributed by atoms with van der Waals surface area (Å²) in [5, 5.41) is 7.96. The predicted octanol–water partition coefficient (Wildman–Crippen LogP) is 6.89. The Morgan fingerprint density at radius 3 is 2.29 bits per heavy atom. The third-order valence-corrected chi connectivity index (χ3v) is 5.95. The molecule has 0 unspecified atom stereocenters. The van der Waals surface area contributed by atoms with Gasteiger partial charge in [-0.1, -0.05) is 76.2 Å². The summed E-state index contributed by atoms with van der Waals surface area (Å²) in [6.07, 6.45) is 8.93. The molecule has 4 rings (SSSR count). The molecular formula is C30H32N4O. The number of nitrogens with one attached hydrogen (secondary N) is 1. The Balaban J connectivity index is 1.63. The lowest BCUT2D eigenvalue weighted by Gasteiger charge is -2.19. The molecule has 1 amide bonds. The van der Waals surface area contributed by atoms with E-state index in [-0.39, 0.29) is 5.91 Å². The van der Waals surface area contributed by atoms with Crippen LogP contribution in [-0.2, 0) is 11.3 Å². The lowest BCUT2D eigenvalue weighted by molar-refractivity contribution is -0.111. The predicted molar refractivity (Wildman–Crippen MR) is 143 cm³/mol. The Kier molecular flexibility index (Phi) is 7.56. The maximum Gasteiger partial charge on any atom is 0.248 e. The van der Waals surface area contributed by atoms with E-state index >= 15 is 0 Å². The van der Waals surface area contributed by atoms with E-state index in [2.05, 4.69) is 68.3 Å². The van der Waals surface area contributed by atoms with Crippen LogP contribution in [0, 0.1) is 0 Å². The van der Waals surface area contributed by atoms with Gasteiger partial charge in [-0.15, -0.1) is 0 Å². The molecule has 178 valence electrons. The number of rotatable bonds is 8. The first kappa shape index (κ1) is 24.1. The van der Waals surface area contributed by atoms with E-state index in [0.717, 1.165) is 39.2 Å². The number of hydrogen-bond acceptors (Lipinski definition) is 3. The number of para-hydroxylation sites is 1. The van der Waals surface area contributed by atoms with Crippen molar-refractivity contribution < 1.29 is 4.79 Å².